The number of nitrogens with zero attached hydrogens (tertiary/aromatic N) is 3. The van der Waals surface area contributed by atoms with Crippen LogP contribution in [0.3, 0.4) is 0 Å². The molecule has 1 N–H and O–H groups in total. The molecule has 1 rings (SSSR count). The molecular weight excluding hydrogens is 224 g/mol. The molecule has 1 aromatic heterocycles. The van der Waals surface area contributed by atoms with Gasteiger partial charge in [-0.3, -0.25) is 0 Å². The molecule has 4 nitrogen and oxygen atoms in total. The summed E-state index contributed by atoms with van der Waals surface area (Å²) < 4.78 is 0. The standard InChI is InChI=1S/C14H26N4/c1-6-13-10-14(17-12(4)16-13)15-8-7-9-18(5)11(2)3/h10-11H,6-9H2,1-5H3,(H,15,16,17). The quantitative estimate of drug-likeness (QED) is 0.755. The molecule has 0 unspecified atom stereocenters. The Bertz CT molecular complexity index is 363. The lowest BCUT2D eigenvalue weighted by Gasteiger charge is -2.20. The van der Waals surface area contributed by atoms with Crippen LogP contribution in [0.4, 0.5) is 5.82 Å². The molecule has 0 aliphatic rings. The summed E-state index contributed by atoms with van der Waals surface area (Å²) in [7, 11) is 2.16. The second kappa shape index (κ2) is 7.31. The van der Waals surface area contributed by atoms with Gasteiger partial charge in [0, 0.05) is 24.3 Å². The minimum absolute atomic E-state index is 0.609. The van der Waals surface area contributed by atoms with E-state index in [1.165, 1.54) is 0 Å². The fourth-order valence-electron chi connectivity index (χ4n) is 1.70. The molecule has 0 aliphatic carbocycles. The Balaban J connectivity index is 2.37. The molecule has 0 aliphatic heterocycles. The van der Waals surface area contributed by atoms with Crippen molar-refractivity contribution in [2.75, 3.05) is 25.5 Å². The summed E-state index contributed by atoms with van der Waals surface area (Å²) in [4.78, 5) is 11.1. The van der Waals surface area contributed by atoms with E-state index in [2.05, 4.69) is 48.0 Å². The average Bonchev–Trinajstić information content (AvgIpc) is 2.33. The Hall–Kier alpha value is -1.16. The number of aromatic nitrogens is 2. The first-order chi connectivity index (χ1) is 8.52. The summed E-state index contributed by atoms with van der Waals surface area (Å²) in [5.74, 6) is 1.79. The minimum atomic E-state index is 0.609. The molecule has 0 atom stereocenters. The number of hydrogen-bond acceptors (Lipinski definition) is 4. The third-order valence-electron chi connectivity index (χ3n) is 3.13. The summed E-state index contributed by atoms with van der Waals surface area (Å²) >= 11 is 0. The Labute approximate surface area is 111 Å². The molecule has 0 amide bonds. The van der Waals surface area contributed by atoms with E-state index in [1.807, 2.05) is 13.0 Å². The van der Waals surface area contributed by atoms with E-state index in [0.717, 1.165) is 43.3 Å². The Morgan fingerprint density at radius 3 is 2.67 bits per heavy atom. The molecule has 1 heterocycles. The second-order valence-corrected chi connectivity index (χ2v) is 5.00. The smallest absolute Gasteiger partial charge is 0.129 e. The Kier molecular flexibility index (Phi) is 6.05. The third-order valence-corrected chi connectivity index (χ3v) is 3.13. The molecule has 0 saturated heterocycles. The van der Waals surface area contributed by atoms with Crippen LogP contribution < -0.4 is 5.32 Å². The van der Waals surface area contributed by atoms with Crippen LogP contribution in [-0.4, -0.2) is 41.0 Å². The van der Waals surface area contributed by atoms with Crippen molar-refractivity contribution in [3.05, 3.63) is 17.6 Å². The summed E-state index contributed by atoms with van der Waals surface area (Å²) in [5.41, 5.74) is 1.10. The fourth-order valence-corrected chi connectivity index (χ4v) is 1.70. The fraction of sp³-hybridized carbons (Fsp3) is 0.714. The van der Waals surface area contributed by atoms with Crippen molar-refractivity contribution < 1.29 is 0 Å². The Morgan fingerprint density at radius 2 is 2.06 bits per heavy atom. The van der Waals surface area contributed by atoms with Crippen LogP contribution in [0.5, 0.6) is 0 Å². The first-order valence-electron chi connectivity index (χ1n) is 6.81. The van der Waals surface area contributed by atoms with Crippen molar-refractivity contribution in [1.82, 2.24) is 14.9 Å². The van der Waals surface area contributed by atoms with E-state index >= 15 is 0 Å². The van der Waals surface area contributed by atoms with Gasteiger partial charge in [-0.05, 0) is 47.2 Å². The van der Waals surface area contributed by atoms with Gasteiger partial charge in [-0.2, -0.15) is 0 Å². The normalized spacial score (nSPS) is 11.3. The number of nitrogens with one attached hydrogen (secondary N) is 1. The highest BCUT2D eigenvalue weighted by Crippen LogP contribution is 2.07. The van der Waals surface area contributed by atoms with Gasteiger partial charge in [0.15, 0.2) is 0 Å². The van der Waals surface area contributed by atoms with Crippen LogP contribution >= 0.6 is 0 Å². The predicted octanol–water partition coefficient (Wildman–Crippen LogP) is 2.49. The van der Waals surface area contributed by atoms with Crippen molar-refractivity contribution in [2.24, 2.45) is 0 Å². The van der Waals surface area contributed by atoms with E-state index in [1.54, 1.807) is 0 Å². The SMILES string of the molecule is CCc1cc(NCCCN(C)C(C)C)nc(C)n1. The van der Waals surface area contributed by atoms with Crippen LogP contribution in [0, 0.1) is 6.92 Å². The lowest BCUT2D eigenvalue weighted by atomic mass is 10.3. The van der Waals surface area contributed by atoms with Gasteiger partial charge < -0.3 is 10.2 Å². The van der Waals surface area contributed by atoms with Gasteiger partial charge in [0.1, 0.15) is 11.6 Å². The van der Waals surface area contributed by atoms with E-state index in [4.69, 9.17) is 0 Å². The molecule has 0 spiro atoms. The number of aryl methyl sites for hydroxylation is 2. The molecule has 0 fully saturated rings. The molecule has 4 heteroatoms. The highest BCUT2D eigenvalue weighted by Gasteiger charge is 2.03. The molecule has 1 aromatic rings. The summed E-state index contributed by atoms with van der Waals surface area (Å²) in [5, 5.41) is 3.38. The zero-order chi connectivity index (χ0) is 13.5. The van der Waals surface area contributed by atoms with Gasteiger partial charge in [0.25, 0.3) is 0 Å². The van der Waals surface area contributed by atoms with Crippen LogP contribution in [0.1, 0.15) is 38.7 Å². The van der Waals surface area contributed by atoms with Gasteiger partial charge in [-0.25, -0.2) is 9.97 Å². The molecule has 102 valence electrons. The maximum Gasteiger partial charge on any atom is 0.129 e. The van der Waals surface area contributed by atoms with Gasteiger partial charge in [0.2, 0.25) is 0 Å². The number of hydrogen-bond donors (Lipinski definition) is 1. The lowest BCUT2D eigenvalue weighted by molar-refractivity contribution is 0.273. The van der Waals surface area contributed by atoms with Crippen LogP contribution in [0.15, 0.2) is 6.07 Å². The van der Waals surface area contributed by atoms with Gasteiger partial charge in [-0.15, -0.1) is 0 Å². The van der Waals surface area contributed by atoms with E-state index in [9.17, 15) is 0 Å². The second-order valence-electron chi connectivity index (χ2n) is 5.00. The average molecular weight is 250 g/mol. The Morgan fingerprint density at radius 1 is 1.33 bits per heavy atom. The van der Waals surface area contributed by atoms with E-state index in [0.29, 0.717) is 6.04 Å². The predicted molar refractivity (Wildman–Crippen MR) is 77.0 cm³/mol. The highest BCUT2D eigenvalue weighted by atomic mass is 15.1. The van der Waals surface area contributed by atoms with Crippen LogP contribution in [-0.2, 0) is 6.42 Å². The molecule has 0 bridgehead atoms. The lowest BCUT2D eigenvalue weighted by Crippen LogP contribution is -2.28. The van der Waals surface area contributed by atoms with Crippen molar-refractivity contribution >= 4 is 5.82 Å². The van der Waals surface area contributed by atoms with Gasteiger partial charge in [-0.1, -0.05) is 6.92 Å². The summed E-state index contributed by atoms with van der Waals surface area (Å²) in [6.45, 7) is 10.6. The van der Waals surface area contributed by atoms with Crippen molar-refractivity contribution in [2.45, 2.75) is 46.6 Å². The van der Waals surface area contributed by atoms with Gasteiger partial charge >= 0.3 is 0 Å². The van der Waals surface area contributed by atoms with Crippen molar-refractivity contribution in [1.29, 1.82) is 0 Å². The third kappa shape index (κ3) is 5.00. The summed E-state index contributed by atoms with van der Waals surface area (Å²) in [6.07, 6.45) is 2.08. The molecule has 0 saturated carbocycles. The topological polar surface area (TPSA) is 41.0 Å². The number of rotatable bonds is 7. The van der Waals surface area contributed by atoms with Crippen LogP contribution in [0.2, 0.25) is 0 Å². The van der Waals surface area contributed by atoms with E-state index in [-0.39, 0.29) is 0 Å². The van der Waals surface area contributed by atoms with Gasteiger partial charge in [0.05, 0.1) is 0 Å². The van der Waals surface area contributed by atoms with Crippen molar-refractivity contribution in [3.8, 4) is 0 Å². The molecular formula is C14H26N4. The van der Waals surface area contributed by atoms with Crippen molar-refractivity contribution in [3.63, 3.8) is 0 Å². The largest absolute Gasteiger partial charge is 0.370 e. The minimum Gasteiger partial charge on any atom is -0.370 e. The molecule has 18 heavy (non-hydrogen) atoms. The monoisotopic (exact) mass is 250 g/mol. The molecule has 0 aromatic carbocycles. The molecule has 0 radical (unpaired) electrons. The summed E-state index contributed by atoms with van der Waals surface area (Å²) in [6, 6.07) is 2.65. The zero-order valence-electron chi connectivity index (χ0n) is 12.3. The zero-order valence-corrected chi connectivity index (χ0v) is 12.3. The first-order valence-corrected chi connectivity index (χ1v) is 6.81. The maximum atomic E-state index is 4.40. The number of anilines is 1. The van der Waals surface area contributed by atoms with E-state index < -0.39 is 0 Å². The first kappa shape index (κ1) is 14.9. The highest BCUT2D eigenvalue weighted by molar-refractivity contribution is 5.35. The maximum absolute atomic E-state index is 4.40. The van der Waals surface area contributed by atoms with Crippen LogP contribution in [0.25, 0.3) is 0 Å².